The highest BCUT2D eigenvalue weighted by Gasteiger charge is 2.41. The Kier molecular flexibility index (Phi) is 3.47. The van der Waals surface area contributed by atoms with Gasteiger partial charge in [-0.3, -0.25) is 4.79 Å². The molecule has 1 fully saturated rings. The van der Waals surface area contributed by atoms with Gasteiger partial charge < -0.3 is 15.6 Å². The molecule has 0 aromatic carbocycles. The summed E-state index contributed by atoms with van der Waals surface area (Å²) >= 11 is 0. The maximum atomic E-state index is 12.0. The van der Waals surface area contributed by atoms with Crippen LogP contribution in [0.15, 0.2) is 17.2 Å². The van der Waals surface area contributed by atoms with Gasteiger partial charge in [0, 0.05) is 25.5 Å². The molecule has 0 unspecified atom stereocenters. The standard InChI is InChI=1S/C12H20N4O/c1-2-6-16-7-5-14-10(11(16)17)15-9-12(8-13)3-4-12/h5,7H,2-4,6,8-9,13H2,1H3,(H,14,15). The quantitative estimate of drug-likeness (QED) is 0.766. The first-order valence-corrected chi connectivity index (χ1v) is 6.20. The molecular formula is C12H20N4O. The highest BCUT2D eigenvalue weighted by Crippen LogP contribution is 2.44. The summed E-state index contributed by atoms with van der Waals surface area (Å²) in [5, 5.41) is 3.14. The second-order valence-corrected chi connectivity index (χ2v) is 4.83. The predicted molar refractivity (Wildman–Crippen MR) is 68.0 cm³/mol. The zero-order chi connectivity index (χ0) is 12.3. The molecule has 0 radical (unpaired) electrons. The van der Waals surface area contributed by atoms with Crippen LogP contribution in [0.3, 0.4) is 0 Å². The number of hydrogen-bond donors (Lipinski definition) is 2. The maximum Gasteiger partial charge on any atom is 0.293 e. The summed E-state index contributed by atoms with van der Waals surface area (Å²) in [6, 6.07) is 0. The van der Waals surface area contributed by atoms with Crippen molar-refractivity contribution in [1.82, 2.24) is 9.55 Å². The van der Waals surface area contributed by atoms with Crippen molar-refractivity contribution in [1.29, 1.82) is 0 Å². The van der Waals surface area contributed by atoms with Gasteiger partial charge in [0.1, 0.15) is 0 Å². The normalized spacial score (nSPS) is 16.8. The summed E-state index contributed by atoms with van der Waals surface area (Å²) < 4.78 is 1.69. The summed E-state index contributed by atoms with van der Waals surface area (Å²) in [6.45, 7) is 4.21. The van der Waals surface area contributed by atoms with E-state index in [9.17, 15) is 4.79 Å². The molecule has 0 spiro atoms. The molecule has 0 atom stereocenters. The van der Waals surface area contributed by atoms with E-state index < -0.39 is 0 Å². The average Bonchev–Trinajstić information content (AvgIpc) is 3.11. The van der Waals surface area contributed by atoms with E-state index in [2.05, 4.69) is 10.3 Å². The first-order chi connectivity index (χ1) is 8.21. The minimum atomic E-state index is -0.0397. The molecule has 3 N–H and O–H groups in total. The van der Waals surface area contributed by atoms with E-state index in [1.807, 2.05) is 6.92 Å². The van der Waals surface area contributed by atoms with Crippen LogP contribution >= 0.6 is 0 Å². The predicted octanol–water partition coefficient (Wildman–Crippen LogP) is 0.804. The van der Waals surface area contributed by atoms with Crippen LogP contribution in [0, 0.1) is 5.41 Å². The second-order valence-electron chi connectivity index (χ2n) is 4.83. The molecular weight excluding hydrogens is 216 g/mol. The van der Waals surface area contributed by atoms with Crippen molar-refractivity contribution in [2.75, 3.05) is 18.4 Å². The van der Waals surface area contributed by atoms with Gasteiger partial charge in [-0.15, -0.1) is 0 Å². The number of nitrogens with zero attached hydrogens (tertiary/aromatic N) is 2. The van der Waals surface area contributed by atoms with E-state index in [-0.39, 0.29) is 11.0 Å². The van der Waals surface area contributed by atoms with Gasteiger partial charge >= 0.3 is 0 Å². The van der Waals surface area contributed by atoms with Gasteiger partial charge in [-0.2, -0.15) is 0 Å². The molecule has 1 aromatic heterocycles. The summed E-state index contributed by atoms with van der Waals surface area (Å²) in [5.41, 5.74) is 5.87. The Labute approximate surface area is 101 Å². The maximum absolute atomic E-state index is 12.0. The lowest BCUT2D eigenvalue weighted by molar-refractivity contribution is 0.553. The molecule has 1 aliphatic carbocycles. The number of nitrogens with one attached hydrogen (secondary N) is 1. The molecule has 17 heavy (non-hydrogen) atoms. The van der Waals surface area contributed by atoms with Crippen LogP contribution in [0.25, 0.3) is 0 Å². The number of rotatable bonds is 6. The van der Waals surface area contributed by atoms with Gasteiger partial charge in [0.25, 0.3) is 5.56 Å². The van der Waals surface area contributed by atoms with Gasteiger partial charge in [-0.05, 0) is 31.2 Å². The van der Waals surface area contributed by atoms with Crippen molar-refractivity contribution >= 4 is 5.82 Å². The lowest BCUT2D eigenvalue weighted by Crippen LogP contribution is -2.29. The van der Waals surface area contributed by atoms with Crippen LogP contribution < -0.4 is 16.6 Å². The first-order valence-electron chi connectivity index (χ1n) is 6.20. The molecule has 0 bridgehead atoms. The topological polar surface area (TPSA) is 72.9 Å². The van der Waals surface area contributed by atoms with Crippen LogP contribution in [0.2, 0.25) is 0 Å². The van der Waals surface area contributed by atoms with E-state index in [1.54, 1.807) is 17.0 Å². The molecule has 5 heteroatoms. The fraction of sp³-hybridized carbons (Fsp3) is 0.667. The molecule has 1 saturated carbocycles. The third kappa shape index (κ3) is 2.66. The fourth-order valence-electron chi connectivity index (χ4n) is 1.89. The Hall–Kier alpha value is -1.36. The number of hydrogen-bond acceptors (Lipinski definition) is 4. The molecule has 0 saturated heterocycles. The first kappa shape index (κ1) is 12.1. The van der Waals surface area contributed by atoms with Crippen molar-refractivity contribution in [2.45, 2.75) is 32.7 Å². The molecule has 1 aromatic rings. The van der Waals surface area contributed by atoms with Gasteiger partial charge in [0.05, 0.1) is 0 Å². The Morgan fingerprint density at radius 1 is 1.59 bits per heavy atom. The molecule has 1 aliphatic rings. The summed E-state index contributed by atoms with van der Waals surface area (Å²) in [4.78, 5) is 16.1. The largest absolute Gasteiger partial charge is 0.365 e. The Bertz CT molecular complexity index is 436. The summed E-state index contributed by atoms with van der Waals surface area (Å²) in [5.74, 6) is 0.445. The number of nitrogens with two attached hydrogens (primary N) is 1. The van der Waals surface area contributed by atoms with Gasteiger partial charge in [0.2, 0.25) is 0 Å². The lowest BCUT2D eigenvalue weighted by Gasteiger charge is -2.14. The van der Waals surface area contributed by atoms with Gasteiger partial charge in [-0.1, -0.05) is 6.92 Å². The van der Waals surface area contributed by atoms with Crippen molar-refractivity contribution < 1.29 is 0 Å². The van der Waals surface area contributed by atoms with E-state index in [0.717, 1.165) is 32.4 Å². The lowest BCUT2D eigenvalue weighted by atomic mass is 10.1. The van der Waals surface area contributed by atoms with Gasteiger partial charge in [-0.25, -0.2) is 4.98 Å². The molecule has 2 rings (SSSR count). The molecule has 0 amide bonds. The minimum absolute atomic E-state index is 0.0397. The van der Waals surface area contributed by atoms with E-state index in [1.165, 1.54) is 0 Å². The summed E-state index contributed by atoms with van der Waals surface area (Å²) in [6.07, 6.45) is 6.63. The smallest absolute Gasteiger partial charge is 0.293 e. The third-order valence-electron chi connectivity index (χ3n) is 3.40. The number of aromatic nitrogens is 2. The highest BCUT2D eigenvalue weighted by atomic mass is 16.1. The zero-order valence-electron chi connectivity index (χ0n) is 10.3. The van der Waals surface area contributed by atoms with Crippen molar-refractivity contribution in [3.8, 4) is 0 Å². The van der Waals surface area contributed by atoms with Gasteiger partial charge in [0.15, 0.2) is 5.82 Å². The summed E-state index contributed by atoms with van der Waals surface area (Å²) in [7, 11) is 0. The van der Waals surface area contributed by atoms with E-state index in [0.29, 0.717) is 12.4 Å². The van der Waals surface area contributed by atoms with E-state index >= 15 is 0 Å². The van der Waals surface area contributed by atoms with Crippen LogP contribution in [0.4, 0.5) is 5.82 Å². The van der Waals surface area contributed by atoms with E-state index in [4.69, 9.17) is 5.73 Å². The third-order valence-corrected chi connectivity index (χ3v) is 3.40. The average molecular weight is 236 g/mol. The number of anilines is 1. The Morgan fingerprint density at radius 3 is 2.94 bits per heavy atom. The SMILES string of the molecule is CCCn1ccnc(NCC2(CN)CC2)c1=O. The van der Waals surface area contributed by atoms with Crippen molar-refractivity contribution in [2.24, 2.45) is 11.1 Å². The highest BCUT2D eigenvalue weighted by molar-refractivity contribution is 5.31. The van der Waals surface area contributed by atoms with Crippen LogP contribution in [-0.4, -0.2) is 22.6 Å². The minimum Gasteiger partial charge on any atom is -0.365 e. The molecule has 1 heterocycles. The monoisotopic (exact) mass is 236 g/mol. The van der Waals surface area contributed by atoms with Crippen LogP contribution in [0.1, 0.15) is 26.2 Å². The molecule has 0 aliphatic heterocycles. The molecule has 94 valence electrons. The molecule has 5 nitrogen and oxygen atoms in total. The Morgan fingerprint density at radius 2 is 2.35 bits per heavy atom. The van der Waals surface area contributed by atoms with Crippen molar-refractivity contribution in [3.05, 3.63) is 22.7 Å². The number of aryl methyl sites for hydroxylation is 1. The van der Waals surface area contributed by atoms with Crippen molar-refractivity contribution in [3.63, 3.8) is 0 Å². The Balaban J connectivity index is 2.05. The zero-order valence-corrected chi connectivity index (χ0v) is 10.3. The van der Waals surface area contributed by atoms with Crippen LogP contribution in [-0.2, 0) is 6.54 Å². The second kappa shape index (κ2) is 4.87. The van der Waals surface area contributed by atoms with Crippen LogP contribution in [0.5, 0.6) is 0 Å². The fourth-order valence-corrected chi connectivity index (χ4v) is 1.89.